The molecule has 1 aromatic heterocycles. The highest BCUT2D eigenvalue weighted by Crippen LogP contribution is 2.25. The van der Waals surface area contributed by atoms with Crippen LogP contribution in [0.5, 0.6) is 0 Å². The van der Waals surface area contributed by atoms with Crippen LogP contribution in [0.3, 0.4) is 0 Å². The van der Waals surface area contributed by atoms with Gasteiger partial charge in [-0.1, -0.05) is 0 Å². The molecule has 0 radical (unpaired) electrons. The van der Waals surface area contributed by atoms with Gasteiger partial charge >= 0.3 is 0 Å². The van der Waals surface area contributed by atoms with Gasteiger partial charge in [0.05, 0.1) is 10.8 Å². The number of nitrogens with one attached hydrogen (secondary N) is 2. The highest BCUT2D eigenvalue weighted by Gasteiger charge is 2.06. The number of benzene rings is 1. The number of hydrogen-bond acceptors (Lipinski definition) is 2. The summed E-state index contributed by atoms with van der Waals surface area (Å²) in [5.41, 5.74) is -0.624. The molecular weight excluding hydrogens is 316 g/mol. The molecule has 0 aliphatic carbocycles. The van der Waals surface area contributed by atoms with Gasteiger partial charge in [0, 0.05) is 8.95 Å². The summed E-state index contributed by atoms with van der Waals surface area (Å²) in [4.78, 5) is 22.7. The van der Waals surface area contributed by atoms with Crippen molar-refractivity contribution < 1.29 is 0 Å². The standard InChI is InChI=1S/C8H4Br2N2O2/c9-5-1-3-4(2-6(5)10)8(14)12-11-7(3)13/h1-2H,(H,11,13)(H,12,14). The van der Waals surface area contributed by atoms with Gasteiger partial charge in [-0.05, 0) is 44.0 Å². The summed E-state index contributed by atoms with van der Waals surface area (Å²) >= 11 is 6.53. The van der Waals surface area contributed by atoms with Crippen LogP contribution in [0.25, 0.3) is 10.8 Å². The third-order valence-corrected chi connectivity index (χ3v) is 3.68. The summed E-state index contributed by atoms with van der Waals surface area (Å²) < 4.78 is 1.47. The van der Waals surface area contributed by atoms with E-state index < -0.39 is 0 Å². The molecule has 0 atom stereocenters. The molecule has 2 N–H and O–H groups in total. The molecule has 1 aromatic carbocycles. The van der Waals surface area contributed by atoms with Crippen molar-refractivity contribution in [2.24, 2.45) is 0 Å². The van der Waals surface area contributed by atoms with Gasteiger partial charge in [0.15, 0.2) is 0 Å². The van der Waals surface area contributed by atoms with Crippen molar-refractivity contribution in [2.75, 3.05) is 0 Å². The Kier molecular flexibility index (Phi) is 2.32. The van der Waals surface area contributed by atoms with Gasteiger partial charge in [0.1, 0.15) is 0 Å². The lowest BCUT2D eigenvalue weighted by Gasteiger charge is -1.98. The summed E-state index contributed by atoms with van der Waals surface area (Å²) in [5.74, 6) is 0. The Labute approximate surface area is 94.6 Å². The first-order valence-electron chi connectivity index (χ1n) is 3.69. The average Bonchev–Trinajstić information content (AvgIpc) is 2.15. The van der Waals surface area contributed by atoms with Crippen molar-refractivity contribution in [3.63, 3.8) is 0 Å². The third kappa shape index (κ3) is 1.44. The summed E-state index contributed by atoms with van der Waals surface area (Å²) in [6.45, 7) is 0. The van der Waals surface area contributed by atoms with Crippen molar-refractivity contribution in [3.8, 4) is 0 Å². The fraction of sp³-hybridized carbons (Fsp3) is 0. The minimum Gasteiger partial charge on any atom is -0.267 e. The highest BCUT2D eigenvalue weighted by atomic mass is 79.9. The SMILES string of the molecule is O=c1[nH][nH]c(=O)c2cc(Br)c(Br)cc12. The molecule has 0 aliphatic heterocycles. The van der Waals surface area contributed by atoms with Crippen LogP contribution in [0.15, 0.2) is 30.7 Å². The minimum absolute atomic E-state index is 0.312. The maximum absolute atomic E-state index is 11.3. The van der Waals surface area contributed by atoms with Gasteiger partial charge < -0.3 is 0 Å². The highest BCUT2D eigenvalue weighted by molar-refractivity contribution is 9.13. The summed E-state index contributed by atoms with van der Waals surface area (Å²) in [6.07, 6.45) is 0. The van der Waals surface area contributed by atoms with Gasteiger partial charge in [-0.15, -0.1) is 0 Å². The number of aromatic nitrogens is 2. The first-order chi connectivity index (χ1) is 6.59. The van der Waals surface area contributed by atoms with E-state index in [1.807, 2.05) is 0 Å². The Bertz CT molecular complexity index is 560. The largest absolute Gasteiger partial charge is 0.270 e. The minimum atomic E-state index is -0.312. The van der Waals surface area contributed by atoms with Crippen molar-refractivity contribution in [2.45, 2.75) is 0 Å². The Hall–Kier alpha value is -0.880. The zero-order valence-corrected chi connectivity index (χ0v) is 9.90. The number of halogens is 2. The van der Waals surface area contributed by atoms with Crippen LogP contribution >= 0.6 is 31.9 Å². The Morgan fingerprint density at radius 3 is 1.57 bits per heavy atom. The van der Waals surface area contributed by atoms with E-state index >= 15 is 0 Å². The third-order valence-electron chi connectivity index (χ3n) is 1.84. The normalized spacial score (nSPS) is 10.7. The molecule has 6 heteroatoms. The molecule has 0 saturated heterocycles. The first-order valence-corrected chi connectivity index (χ1v) is 5.28. The molecule has 14 heavy (non-hydrogen) atoms. The van der Waals surface area contributed by atoms with Crippen LogP contribution in [-0.2, 0) is 0 Å². The summed E-state index contributed by atoms with van der Waals surface area (Å²) in [5, 5.41) is 5.25. The Balaban J connectivity index is 3.10. The maximum atomic E-state index is 11.3. The quantitative estimate of drug-likeness (QED) is 0.777. The molecule has 72 valence electrons. The molecule has 0 fully saturated rings. The van der Waals surface area contributed by atoms with E-state index in [1.165, 1.54) is 0 Å². The lowest BCUT2D eigenvalue weighted by molar-refractivity contribution is 0.976. The van der Waals surface area contributed by atoms with E-state index in [0.717, 1.165) is 8.95 Å². The van der Waals surface area contributed by atoms with Crippen molar-refractivity contribution in [1.29, 1.82) is 0 Å². The van der Waals surface area contributed by atoms with E-state index in [4.69, 9.17) is 0 Å². The Morgan fingerprint density at radius 1 is 0.857 bits per heavy atom. The van der Waals surface area contributed by atoms with E-state index in [9.17, 15) is 9.59 Å². The number of aromatic amines is 2. The summed E-state index contributed by atoms with van der Waals surface area (Å²) in [6, 6.07) is 3.21. The fourth-order valence-corrected chi connectivity index (χ4v) is 1.86. The van der Waals surface area contributed by atoms with Gasteiger partial charge in [-0.3, -0.25) is 19.8 Å². The van der Waals surface area contributed by atoms with E-state index in [-0.39, 0.29) is 11.1 Å². The molecule has 0 aliphatic rings. The smallest absolute Gasteiger partial charge is 0.267 e. The van der Waals surface area contributed by atoms with E-state index in [2.05, 4.69) is 42.1 Å². The number of hydrogen-bond donors (Lipinski definition) is 2. The molecule has 2 rings (SSSR count). The van der Waals surface area contributed by atoms with Gasteiger partial charge in [0.2, 0.25) is 0 Å². The fourth-order valence-electron chi connectivity index (χ4n) is 1.17. The second-order valence-corrected chi connectivity index (χ2v) is 4.43. The van der Waals surface area contributed by atoms with E-state index in [0.29, 0.717) is 10.8 Å². The molecular formula is C8H4Br2N2O2. The Morgan fingerprint density at radius 2 is 1.21 bits per heavy atom. The van der Waals surface area contributed by atoms with Crippen LogP contribution < -0.4 is 11.1 Å². The van der Waals surface area contributed by atoms with Crippen molar-refractivity contribution >= 4 is 42.6 Å². The molecule has 4 nitrogen and oxygen atoms in total. The molecule has 2 aromatic rings. The van der Waals surface area contributed by atoms with E-state index in [1.54, 1.807) is 12.1 Å². The molecule has 0 spiro atoms. The molecule has 0 amide bonds. The second kappa shape index (κ2) is 3.36. The maximum Gasteiger partial charge on any atom is 0.270 e. The monoisotopic (exact) mass is 318 g/mol. The molecule has 0 saturated carbocycles. The van der Waals surface area contributed by atoms with Crippen LogP contribution in [0.2, 0.25) is 0 Å². The van der Waals surface area contributed by atoms with Crippen LogP contribution in [0.1, 0.15) is 0 Å². The molecule has 0 unspecified atom stereocenters. The van der Waals surface area contributed by atoms with Crippen LogP contribution in [0.4, 0.5) is 0 Å². The number of H-pyrrole nitrogens is 2. The van der Waals surface area contributed by atoms with Crippen LogP contribution in [-0.4, -0.2) is 10.2 Å². The second-order valence-electron chi connectivity index (χ2n) is 2.72. The van der Waals surface area contributed by atoms with Crippen molar-refractivity contribution in [3.05, 3.63) is 41.8 Å². The predicted molar refractivity (Wildman–Crippen MR) is 60.6 cm³/mol. The zero-order chi connectivity index (χ0) is 10.3. The molecule has 1 heterocycles. The first kappa shape index (κ1) is 9.67. The number of fused-ring (bicyclic) bond motifs is 1. The number of rotatable bonds is 0. The topological polar surface area (TPSA) is 65.7 Å². The lowest BCUT2D eigenvalue weighted by Crippen LogP contribution is -2.18. The van der Waals surface area contributed by atoms with Gasteiger partial charge in [-0.25, -0.2) is 0 Å². The van der Waals surface area contributed by atoms with Gasteiger partial charge in [0.25, 0.3) is 11.1 Å². The zero-order valence-electron chi connectivity index (χ0n) is 6.73. The molecule has 0 bridgehead atoms. The lowest BCUT2D eigenvalue weighted by atomic mass is 10.2. The van der Waals surface area contributed by atoms with Crippen molar-refractivity contribution in [1.82, 2.24) is 10.2 Å². The predicted octanol–water partition coefficient (Wildman–Crippen LogP) is 1.74. The van der Waals surface area contributed by atoms with Crippen LogP contribution in [0, 0.1) is 0 Å². The van der Waals surface area contributed by atoms with Gasteiger partial charge in [-0.2, -0.15) is 0 Å². The summed E-state index contributed by atoms with van der Waals surface area (Å²) in [7, 11) is 0. The average molecular weight is 320 g/mol.